The van der Waals surface area contributed by atoms with Gasteiger partial charge in [0, 0.05) is 18.3 Å². The molecule has 66 valence electrons. The minimum absolute atomic E-state index is 0.341. The van der Waals surface area contributed by atoms with Gasteiger partial charge in [-0.3, -0.25) is 0 Å². The van der Waals surface area contributed by atoms with Crippen molar-refractivity contribution in [2.45, 2.75) is 19.8 Å². The molecule has 2 heteroatoms. The van der Waals surface area contributed by atoms with Gasteiger partial charge < -0.3 is 10.4 Å². The summed E-state index contributed by atoms with van der Waals surface area (Å²) < 4.78 is 0. The first-order chi connectivity index (χ1) is 5.66. The number of phenols is 1. The molecule has 12 heavy (non-hydrogen) atoms. The van der Waals surface area contributed by atoms with E-state index in [1.807, 2.05) is 19.2 Å². The minimum Gasteiger partial charge on any atom is -0.508 e. The van der Waals surface area contributed by atoms with Crippen LogP contribution in [0.4, 0.5) is 5.69 Å². The van der Waals surface area contributed by atoms with Crippen LogP contribution in [0.1, 0.15) is 25.3 Å². The van der Waals surface area contributed by atoms with E-state index in [0.717, 1.165) is 11.3 Å². The number of hydrogen-bond donors (Lipinski definition) is 2. The van der Waals surface area contributed by atoms with Crippen LogP contribution in [0, 0.1) is 0 Å². The highest BCUT2D eigenvalue weighted by molar-refractivity contribution is 5.58. The fraction of sp³-hybridized carbons (Fsp3) is 0.400. The summed E-state index contributed by atoms with van der Waals surface area (Å²) in [6.07, 6.45) is 0. The van der Waals surface area contributed by atoms with Crippen molar-refractivity contribution in [3.8, 4) is 5.75 Å². The fourth-order valence-corrected chi connectivity index (χ4v) is 1.38. The molecule has 0 fully saturated rings. The van der Waals surface area contributed by atoms with E-state index in [9.17, 15) is 5.11 Å². The maximum atomic E-state index is 9.55. The second-order valence-electron chi connectivity index (χ2n) is 3.14. The molecule has 0 saturated heterocycles. The molecule has 0 unspecified atom stereocenters. The highest BCUT2D eigenvalue weighted by Gasteiger charge is 2.09. The van der Waals surface area contributed by atoms with Gasteiger partial charge in [0.05, 0.1) is 0 Å². The van der Waals surface area contributed by atoms with E-state index >= 15 is 0 Å². The Kier molecular flexibility index (Phi) is 2.58. The molecule has 0 saturated carbocycles. The first-order valence-corrected chi connectivity index (χ1v) is 4.16. The number of phenolic OH excluding ortho intramolecular Hbond substituents is 1. The molecule has 1 aromatic rings. The summed E-state index contributed by atoms with van der Waals surface area (Å²) in [5, 5.41) is 12.6. The van der Waals surface area contributed by atoms with Crippen molar-refractivity contribution in [2.24, 2.45) is 0 Å². The van der Waals surface area contributed by atoms with E-state index in [2.05, 4.69) is 19.2 Å². The van der Waals surface area contributed by atoms with Crippen LogP contribution in [-0.4, -0.2) is 12.2 Å². The number of anilines is 1. The van der Waals surface area contributed by atoms with Gasteiger partial charge in [-0.15, -0.1) is 0 Å². The predicted octanol–water partition coefficient (Wildman–Crippen LogP) is 2.56. The summed E-state index contributed by atoms with van der Waals surface area (Å²) in [4.78, 5) is 0. The normalized spacial score (nSPS) is 10.3. The molecule has 2 nitrogen and oxygen atoms in total. The molecule has 0 atom stereocenters. The van der Waals surface area contributed by atoms with Gasteiger partial charge in [0.2, 0.25) is 0 Å². The third-order valence-electron chi connectivity index (χ3n) is 1.93. The summed E-state index contributed by atoms with van der Waals surface area (Å²) in [6.45, 7) is 4.13. The smallest absolute Gasteiger partial charge is 0.121 e. The average molecular weight is 165 g/mol. The van der Waals surface area contributed by atoms with E-state index < -0.39 is 0 Å². The quantitative estimate of drug-likeness (QED) is 0.705. The molecule has 0 aliphatic carbocycles. The van der Waals surface area contributed by atoms with Gasteiger partial charge in [0.1, 0.15) is 5.75 Å². The molecule has 0 aliphatic heterocycles. The van der Waals surface area contributed by atoms with Gasteiger partial charge in [0.25, 0.3) is 0 Å². The zero-order chi connectivity index (χ0) is 9.14. The van der Waals surface area contributed by atoms with Crippen LogP contribution in [0.25, 0.3) is 0 Å². The third-order valence-corrected chi connectivity index (χ3v) is 1.93. The number of benzene rings is 1. The van der Waals surface area contributed by atoms with E-state index in [-0.39, 0.29) is 0 Å². The monoisotopic (exact) mass is 165 g/mol. The number of aromatic hydroxyl groups is 1. The molecule has 1 rings (SSSR count). The largest absolute Gasteiger partial charge is 0.508 e. The molecule has 0 spiro atoms. The van der Waals surface area contributed by atoms with E-state index in [1.165, 1.54) is 0 Å². The Balaban J connectivity index is 3.20. The van der Waals surface area contributed by atoms with Crippen molar-refractivity contribution < 1.29 is 5.11 Å². The van der Waals surface area contributed by atoms with Gasteiger partial charge in [-0.25, -0.2) is 0 Å². The van der Waals surface area contributed by atoms with E-state index in [0.29, 0.717) is 11.7 Å². The van der Waals surface area contributed by atoms with Crippen LogP contribution in [0.2, 0.25) is 0 Å². The summed E-state index contributed by atoms with van der Waals surface area (Å²) in [6, 6.07) is 5.53. The lowest BCUT2D eigenvalue weighted by Crippen LogP contribution is -1.97. The second-order valence-corrected chi connectivity index (χ2v) is 3.14. The van der Waals surface area contributed by atoms with Crippen LogP contribution >= 0.6 is 0 Å². The van der Waals surface area contributed by atoms with Crippen molar-refractivity contribution in [2.75, 3.05) is 12.4 Å². The van der Waals surface area contributed by atoms with E-state index in [4.69, 9.17) is 0 Å². The zero-order valence-electron chi connectivity index (χ0n) is 7.76. The van der Waals surface area contributed by atoms with Crippen LogP contribution in [0.5, 0.6) is 5.75 Å². The van der Waals surface area contributed by atoms with Crippen molar-refractivity contribution in [3.63, 3.8) is 0 Å². The molecule has 0 bridgehead atoms. The predicted molar refractivity (Wildman–Crippen MR) is 51.7 cm³/mol. The maximum Gasteiger partial charge on any atom is 0.121 e. The lowest BCUT2D eigenvalue weighted by atomic mass is 10.00. The first-order valence-electron chi connectivity index (χ1n) is 4.16. The van der Waals surface area contributed by atoms with Gasteiger partial charge in [-0.1, -0.05) is 19.9 Å². The molecular formula is C10H15NO. The zero-order valence-corrected chi connectivity index (χ0v) is 7.76. The Morgan fingerprint density at radius 3 is 2.42 bits per heavy atom. The molecule has 0 radical (unpaired) electrons. The molecule has 0 aromatic heterocycles. The van der Waals surface area contributed by atoms with Crippen LogP contribution < -0.4 is 5.32 Å². The third kappa shape index (κ3) is 1.52. The summed E-state index contributed by atoms with van der Waals surface area (Å²) in [5.74, 6) is 0.713. The first kappa shape index (κ1) is 8.91. The highest BCUT2D eigenvalue weighted by Crippen LogP contribution is 2.31. The Hall–Kier alpha value is -1.18. The SMILES string of the molecule is CNc1cccc(O)c1C(C)C. The number of hydrogen-bond acceptors (Lipinski definition) is 2. The fourth-order valence-electron chi connectivity index (χ4n) is 1.38. The Labute approximate surface area is 73.2 Å². The Morgan fingerprint density at radius 2 is 2.00 bits per heavy atom. The molecule has 1 aromatic carbocycles. The van der Waals surface area contributed by atoms with Gasteiger partial charge in [-0.2, -0.15) is 0 Å². The van der Waals surface area contributed by atoms with Gasteiger partial charge in [0.15, 0.2) is 0 Å². The van der Waals surface area contributed by atoms with Crippen molar-refractivity contribution in [1.29, 1.82) is 0 Å². The molecule has 0 aliphatic rings. The number of rotatable bonds is 2. The summed E-state index contributed by atoms with van der Waals surface area (Å²) in [5.41, 5.74) is 1.99. The summed E-state index contributed by atoms with van der Waals surface area (Å²) >= 11 is 0. The second kappa shape index (κ2) is 3.48. The molecule has 2 N–H and O–H groups in total. The van der Waals surface area contributed by atoms with Crippen molar-refractivity contribution in [1.82, 2.24) is 0 Å². The van der Waals surface area contributed by atoms with E-state index in [1.54, 1.807) is 6.07 Å². The highest BCUT2D eigenvalue weighted by atomic mass is 16.3. The van der Waals surface area contributed by atoms with Crippen LogP contribution in [0.15, 0.2) is 18.2 Å². The summed E-state index contributed by atoms with van der Waals surface area (Å²) in [7, 11) is 1.86. The number of nitrogens with one attached hydrogen (secondary N) is 1. The van der Waals surface area contributed by atoms with Crippen LogP contribution in [0.3, 0.4) is 0 Å². The Bertz CT molecular complexity index is 269. The molecule has 0 amide bonds. The van der Waals surface area contributed by atoms with Gasteiger partial charge in [-0.05, 0) is 18.1 Å². The topological polar surface area (TPSA) is 32.3 Å². The van der Waals surface area contributed by atoms with Gasteiger partial charge >= 0.3 is 0 Å². The Morgan fingerprint density at radius 1 is 1.33 bits per heavy atom. The minimum atomic E-state index is 0.341. The average Bonchev–Trinajstić information content (AvgIpc) is 2.03. The molecule has 0 heterocycles. The maximum absolute atomic E-state index is 9.55. The van der Waals surface area contributed by atoms with Crippen LogP contribution in [-0.2, 0) is 0 Å². The molecular weight excluding hydrogens is 150 g/mol. The lowest BCUT2D eigenvalue weighted by molar-refractivity contribution is 0.465. The lowest BCUT2D eigenvalue weighted by Gasteiger charge is -2.13. The van der Waals surface area contributed by atoms with Crippen molar-refractivity contribution >= 4 is 5.69 Å². The standard InChI is InChI=1S/C10H15NO/c1-7(2)10-8(11-3)5-4-6-9(10)12/h4-7,11-12H,1-3H3. The van der Waals surface area contributed by atoms with Crippen molar-refractivity contribution in [3.05, 3.63) is 23.8 Å².